The van der Waals surface area contributed by atoms with Gasteiger partial charge in [-0.15, -0.1) is 0 Å². The minimum Gasteiger partial charge on any atom is -0.497 e. The third-order valence-corrected chi connectivity index (χ3v) is 14.4. The maximum atomic E-state index is 14.8. The molecule has 0 aliphatic rings. The molecule has 4 aromatic heterocycles. The summed E-state index contributed by atoms with van der Waals surface area (Å²) in [6.45, 7) is 15.8. The lowest BCUT2D eigenvalue weighted by atomic mass is 9.89. The lowest BCUT2D eigenvalue weighted by Gasteiger charge is -2.28. The van der Waals surface area contributed by atoms with Gasteiger partial charge in [-0.25, -0.2) is 0 Å². The van der Waals surface area contributed by atoms with Gasteiger partial charge in [0.1, 0.15) is 17.8 Å². The van der Waals surface area contributed by atoms with Crippen molar-refractivity contribution < 1.29 is 38.9 Å². The molecule has 0 radical (unpaired) electrons. The van der Waals surface area contributed by atoms with Crippen molar-refractivity contribution in [2.45, 2.75) is 111 Å². The molecule has 0 fully saturated rings. The van der Waals surface area contributed by atoms with Gasteiger partial charge < -0.3 is 44.7 Å². The topological polar surface area (TPSA) is 228 Å². The van der Waals surface area contributed by atoms with Gasteiger partial charge in [-0.3, -0.25) is 43.3 Å². The van der Waals surface area contributed by atoms with Crippen LogP contribution in [0.25, 0.3) is 33.4 Å². The second-order valence-electron chi connectivity index (χ2n) is 21.5. The average molecular weight is 1100 g/mol. The Morgan fingerprint density at radius 3 is 1.81 bits per heavy atom. The summed E-state index contributed by atoms with van der Waals surface area (Å²) in [6, 6.07) is 14.1. The van der Waals surface area contributed by atoms with Gasteiger partial charge in [0, 0.05) is 86.7 Å². The molecule has 0 bridgehead atoms. The summed E-state index contributed by atoms with van der Waals surface area (Å²) in [5.74, 6) is -2.63. The van der Waals surface area contributed by atoms with Crippen LogP contribution in [0.4, 0.5) is 0 Å². The summed E-state index contributed by atoms with van der Waals surface area (Å²) in [5, 5.41) is 26.3. The van der Waals surface area contributed by atoms with Crippen LogP contribution in [0.15, 0.2) is 101 Å². The summed E-state index contributed by atoms with van der Waals surface area (Å²) in [4.78, 5) is 95.0. The highest BCUT2D eigenvalue weighted by molar-refractivity contribution is 5.84. The van der Waals surface area contributed by atoms with Crippen LogP contribution in [0.5, 0.6) is 5.75 Å². The number of aromatic nitrogens is 4. The number of carboxylic acids is 2. The van der Waals surface area contributed by atoms with Crippen molar-refractivity contribution in [1.29, 1.82) is 0 Å². The number of hydrogen-bond donors (Lipinski definition) is 4. The fraction of sp³-hybridized carbons (Fsp3) is 0.419. The molecule has 6 rings (SSSR count). The molecule has 2 amide bonds. The van der Waals surface area contributed by atoms with E-state index in [9.17, 15) is 39.0 Å². The molecule has 0 saturated carbocycles. The second-order valence-corrected chi connectivity index (χ2v) is 21.5. The van der Waals surface area contributed by atoms with E-state index >= 15 is 0 Å². The number of carbonyl (C=O) groups is 4. The van der Waals surface area contributed by atoms with Gasteiger partial charge in [-0.2, -0.15) is 0 Å². The fourth-order valence-electron chi connectivity index (χ4n) is 10.6. The number of aryl methyl sites for hydroxylation is 3. The Labute approximate surface area is 468 Å². The van der Waals surface area contributed by atoms with E-state index in [1.54, 1.807) is 52.0 Å². The van der Waals surface area contributed by atoms with Crippen molar-refractivity contribution in [2.24, 2.45) is 5.92 Å². The van der Waals surface area contributed by atoms with Crippen LogP contribution < -0.4 is 26.5 Å². The van der Waals surface area contributed by atoms with Crippen molar-refractivity contribution >= 4 is 23.8 Å². The molecule has 18 nitrogen and oxygen atoms in total. The van der Waals surface area contributed by atoms with E-state index in [2.05, 4.69) is 25.5 Å². The fourth-order valence-corrected chi connectivity index (χ4v) is 10.6. The van der Waals surface area contributed by atoms with Crippen molar-refractivity contribution in [2.75, 3.05) is 55.1 Å². The first kappa shape index (κ1) is 61.4. The number of carbonyl (C=O) groups excluding carboxylic acids is 2. The van der Waals surface area contributed by atoms with Crippen molar-refractivity contribution in [3.05, 3.63) is 157 Å². The van der Waals surface area contributed by atoms with Crippen LogP contribution in [-0.4, -0.2) is 118 Å². The van der Waals surface area contributed by atoms with Gasteiger partial charge in [0.2, 0.25) is 11.8 Å². The molecule has 0 unspecified atom stereocenters. The monoisotopic (exact) mass is 1090 g/mol. The first-order chi connectivity index (χ1) is 38.0. The van der Waals surface area contributed by atoms with E-state index in [4.69, 9.17) is 9.47 Å². The molecular formula is C62H78N8O10. The Balaban J connectivity index is 1.34. The molecule has 4 N–H and O–H groups in total. The Hall–Kier alpha value is -7.80. The molecule has 18 heteroatoms. The molecule has 4 heterocycles. The maximum Gasteiger partial charge on any atom is 0.305 e. The van der Waals surface area contributed by atoms with E-state index in [1.807, 2.05) is 110 Å². The number of ether oxygens (including phenoxy) is 2. The zero-order chi connectivity index (χ0) is 58.5. The standard InChI is InChI=1S/C62H78N8O10/c1-13-53(69-35-42(15-17-55(69)71)18-19-68(10)20-21-79-11)61(77)65-51(29-57(73)74)45-26-47(34-64-32-45)60-38(4)14-16-50(41(60)7)43-27-48(36-67(8)9)70(56(72)28-43)54(22-37(2)3)62(78)66-52(30-58(75)76)44-25-46(33-63-31-44)59-39(5)23-49(80-12)24-40(59)6/h14-17,23-28,31-35,37,51-54H,13,18-22,29-30,36H2,1-12H3,(H,65,77)(H,66,78)(H,73,74)(H,75,76)/t51-,52-,53-,54-/m0/s1. The quantitative estimate of drug-likeness (QED) is 0.0380. The van der Waals surface area contributed by atoms with Gasteiger partial charge in [-0.05, 0) is 166 Å². The van der Waals surface area contributed by atoms with Crippen LogP contribution in [0.1, 0.15) is 115 Å². The van der Waals surface area contributed by atoms with Crippen LogP contribution in [0, 0.1) is 33.6 Å². The lowest BCUT2D eigenvalue weighted by Crippen LogP contribution is -2.41. The number of methoxy groups -OCH3 is 2. The third-order valence-electron chi connectivity index (χ3n) is 14.4. The zero-order valence-corrected chi connectivity index (χ0v) is 48.3. The summed E-state index contributed by atoms with van der Waals surface area (Å²) in [6.07, 6.45) is 8.44. The third kappa shape index (κ3) is 15.5. The predicted octanol–water partition coefficient (Wildman–Crippen LogP) is 8.43. The SMILES string of the molecule is CC[C@@H](C(=O)N[C@@H](CC(=O)O)c1cncc(-c2c(C)ccc(-c3cc(CN(C)C)n([C@@H](CC(C)C)C(=O)N[C@@H](CC(=O)O)c4cncc(-c5c(C)cc(OC)cc5C)c4)c(=O)c3)c2C)c1)n1cc(CCN(C)CCOC)ccc1=O. The van der Waals surface area contributed by atoms with Crippen LogP contribution in [0.2, 0.25) is 0 Å². The molecule has 0 aliphatic heterocycles. The molecule has 6 aromatic rings. The molecule has 0 spiro atoms. The number of likely N-dealkylation sites (N-methyl/N-ethyl adjacent to an activating group) is 1. The van der Waals surface area contributed by atoms with Crippen LogP contribution in [0.3, 0.4) is 0 Å². The van der Waals surface area contributed by atoms with E-state index in [-0.39, 0.29) is 30.9 Å². The highest BCUT2D eigenvalue weighted by Gasteiger charge is 2.31. The summed E-state index contributed by atoms with van der Waals surface area (Å²) in [7, 11) is 8.98. The van der Waals surface area contributed by atoms with E-state index in [1.165, 1.54) is 27.5 Å². The van der Waals surface area contributed by atoms with Gasteiger partial charge in [-0.1, -0.05) is 39.0 Å². The molecular weight excluding hydrogens is 1020 g/mol. The Kier molecular flexibility index (Phi) is 21.4. The number of rotatable bonds is 27. The zero-order valence-electron chi connectivity index (χ0n) is 48.3. The minimum atomic E-state index is -1.14. The molecule has 426 valence electrons. The number of carboxylic acid groups (broad SMARTS) is 2. The number of aliphatic carboxylic acids is 2. The molecule has 4 atom stereocenters. The van der Waals surface area contributed by atoms with E-state index in [0.29, 0.717) is 53.3 Å². The molecule has 80 heavy (non-hydrogen) atoms. The number of nitrogens with zero attached hydrogens (tertiary/aromatic N) is 6. The normalized spacial score (nSPS) is 13.0. The molecule has 0 aliphatic carbocycles. The predicted molar refractivity (Wildman–Crippen MR) is 310 cm³/mol. The Morgan fingerprint density at radius 1 is 0.688 bits per heavy atom. The number of benzene rings is 2. The number of pyridine rings is 4. The second kappa shape index (κ2) is 27.9. The van der Waals surface area contributed by atoms with Crippen LogP contribution in [-0.2, 0) is 36.9 Å². The van der Waals surface area contributed by atoms with Crippen molar-refractivity contribution in [3.63, 3.8) is 0 Å². The highest BCUT2D eigenvalue weighted by atomic mass is 16.5. The largest absolute Gasteiger partial charge is 0.497 e. The number of amides is 2. The van der Waals surface area contributed by atoms with E-state index < -0.39 is 66.3 Å². The summed E-state index contributed by atoms with van der Waals surface area (Å²) >= 11 is 0. The maximum absolute atomic E-state index is 14.8. The van der Waals surface area contributed by atoms with Gasteiger partial charge in [0.15, 0.2) is 0 Å². The minimum absolute atomic E-state index is 0.0489. The van der Waals surface area contributed by atoms with Gasteiger partial charge >= 0.3 is 11.9 Å². The Morgan fingerprint density at radius 2 is 1.27 bits per heavy atom. The highest BCUT2D eigenvalue weighted by Crippen LogP contribution is 2.37. The first-order valence-corrected chi connectivity index (χ1v) is 27.0. The number of nitrogens with one attached hydrogen (secondary N) is 2. The summed E-state index contributed by atoms with van der Waals surface area (Å²) in [5.41, 5.74) is 9.58. The van der Waals surface area contributed by atoms with Gasteiger partial charge in [0.25, 0.3) is 11.1 Å². The van der Waals surface area contributed by atoms with E-state index in [0.717, 1.165) is 56.6 Å². The molecule has 0 saturated heterocycles. The molecule has 2 aromatic carbocycles. The van der Waals surface area contributed by atoms with Crippen LogP contribution >= 0.6 is 0 Å². The smallest absolute Gasteiger partial charge is 0.305 e. The summed E-state index contributed by atoms with van der Waals surface area (Å²) < 4.78 is 13.6. The Bertz CT molecular complexity index is 3290. The van der Waals surface area contributed by atoms with Gasteiger partial charge in [0.05, 0.1) is 38.6 Å². The van der Waals surface area contributed by atoms with Crippen molar-refractivity contribution in [1.82, 2.24) is 39.5 Å². The van der Waals surface area contributed by atoms with Crippen molar-refractivity contribution in [3.8, 4) is 39.1 Å². The first-order valence-electron chi connectivity index (χ1n) is 27.0. The lowest BCUT2D eigenvalue weighted by molar-refractivity contribution is -0.139. The number of hydrogen-bond acceptors (Lipinski definition) is 12. The average Bonchev–Trinajstić information content (AvgIpc) is 3.50.